The molecule has 7 heteroatoms. The van der Waals surface area contributed by atoms with Crippen LogP contribution in [0.3, 0.4) is 0 Å². The number of sulfone groups is 1. The molecule has 0 bridgehead atoms. The highest BCUT2D eigenvalue weighted by Gasteiger charge is 2.01. The number of hydrogen-bond acceptors (Lipinski definition) is 4. The van der Waals surface area contributed by atoms with Gasteiger partial charge in [-0.25, -0.2) is 8.42 Å². The minimum atomic E-state index is -2.92. The van der Waals surface area contributed by atoms with Gasteiger partial charge in [-0.2, -0.15) is 0 Å². The van der Waals surface area contributed by atoms with Gasteiger partial charge in [-0.15, -0.1) is 0 Å². The first kappa shape index (κ1) is 13.6. The maximum Gasteiger partial charge on any atom is 0.166 e. The van der Waals surface area contributed by atoms with E-state index in [1.165, 1.54) is 6.26 Å². The van der Waals surface area contributed by atoms with Crippen LogP contribution in [0.15, 0.2) is 0 Å². The van der Waals surface area contributed by atoms with E-state index in [1.807, 2.05) is 0 Å². The minimum Gasteiger partial charge on any atom is -0.383 e. The predicted octanol–water partition coefficient (Wildman–Crippen LogP) is -0.858. The second-order valence-electron chi connectivity index (χ2n) is 2.81. The van der Waals surface area contributed by atoms with E-state index in [1.54, 1.807) is 7.11 Å². The minimum absolute atomic E-state index is 0.0824. The molecule has 2 N–H and O–H groups in total. The summed E-state index contributed by atoms with van der Waals surface area (Å²) >= 11 is 4.88. The molecule has 0 unspecified atom stereocenters. The Labute approximate surface area is 90.1 Å². The van der Waals surface area contributed by atoms with Crippen molar-refractivity contribution in [1.29, 1.82) is 0 Å². The Bertz CT molecular complexity index is 264. The second-order valence-corrected chi connectivity index (χ2v) is 5.47. The Morgan fingerprint density at radius 3 is 2.43 bits per heavy atom. The van der Waals surface area contributed by atoms with Gasteiger partial charge in [0.2, 0.25) is 0 Å². The standard InChI is InChI=1S/C7H16N2O3S2/c1-12-5-3-8-7(13)9-4-6-14(2,10)11/h3-6H2,1-2H3,(H2,8,9,13). The van der Waals surface area contributed by atoms with E-state index in [9.17, 15) is 8.42 Å². The van der Waals surface area contributed by atoms with Crippen molar-refractivity contribution in [3.05, 3.63) is 0 Å². The monoisotopic (exact) mass is 240 g/mol. The molecule has 0 atom stereocenters. The van der Waals surface area contributed by atoms with E-state index in [-0.39, 0.29) is 5.75 Å². The summed E-state index contributed by atoms with van der Waals surface area (Å²) in [5, 5.41) is 6.10. The number of rotatable bonds is 6. The third-order valence-corrected chi connectivity index (χ3v) is 2.58. The first-order valence-electron chi connectivity index (χ1n) is 4.14. The van der Waals surface area contributed by atoms with Crippen LogP contribution in [0.5, 0.6) is 0 Å². The zero-order valence-electron chi connectivity index (χ0n) is 8.37. The fourth-order valence-electron chi connectivity index (χ4n) is 0.679. The zero-order chi connectivity index (χ0) is 11.0. The molecule has 0 radical (unpaired) electrons. The van der Waals surface area contributed by atoms with E-state index >= 15 is 0 Å². The summed E-state index contributed by atoms with van der Waals surface area (Å²) in [4.78, 5) is 0. The zero-order valence-corrected chi connectivity index (χ0v) is 10.0. The molecule has 84 valence electrons. The number of methoxy groups -OCH3 is 1. The third-order valence-electron chi connectivity index (χ3n) is 1.35. The molecule has 14 heavy (non-hydrogen) atoms. The van der Waals surface area contributed by atoms with Crippen LogP contribution in [0.25, 0.3) is 0 Å². The van der Waals surface area contributed by atoms with Crippen molar-refractivity contribution in [2.24, 2.45) is 0 Å². The number of ether oxygens (including phenoxy) is 1. The Morgan fingerprint density at radius 2 is 1.93 bits per heavy atom. The SMILES string of the molecule is COCCNC(=S)NCCS(C)(=O)=O. The fraction of sp³-hybridized carbons (Fsp3) is 0.857. The van der Waals surface area contributed by atoms with Crippen LogP contribution in [0, 0.1) is 0 Å². The lowest BCUT2D eigenvalue weighted by Gasteiger charge is -2.08. The molecule has 0 heterocycles. The first-order valence-corrected chi connectivity index (χ1v) is 6.61. The Morgan fingerprint density at radius 1 is 1.36 bits per heavy atom. The molecule has 0 aliphatic rings. The highest BCUT2D eigenvalue weighted by molar-refractivity contribution is 7.90. The lowest BCUT2D eigenvalue weighted by molar-refractivity contribution is 0.204. The summed E-state index contributed by atoms with van der Waals surface area (Å²) < 4.78 is 26.3. The van der Waals surface area contributed by atoms with Crippen LogP contribution in [-0.4, -0.2) is 52.3 Å². The summed E-state index contributed by atoms with van der Waals surface area (Å²) in [6.45, 7) is 1.51. The van der Waals surface area contributed by atoms with Crippen LogP contribution < -0.4 is 10.6 Å². The molecule has 0 fully saturated rings. The van der Waals surface area contributed by atoms with Gasteiger partial charge in [0.25, 0.3) is 0 Å². The van der Waals surface area contributed by atoms with E-state index in [4.69, 9.17) is 17.0 Å². The summed E-state index contributed by atoms with van der Waals surface area (Å²) in [5.41, 5.74) is 0. The van der Waals surface area contributed by atoms with Crippen molar-refractivity contribution >= 4 is 27.2 Å². The van der Waals surface area contributed by atoms with Crippen LogP contribution in [-0.2, 0) is 14.6 Å². The molecule has 0 aromatic heterocycles. The van der Waals surface area contributed by atoms with Crippen molar-refractivity contribution in [3.8, 4) is 0 Å². The van der Waals surface area contributed by atoms with E-state index in [2.05, 4.69) is 10.6 Å². The summed E-state index contributed by atoms with van der Waals surface area (Å²) in [6, 6.07) is 0. The highest BCUT2D eigenvalue weighted by atomic mass is 32.2. The molecule has 0 saturated heterocycles. The Kier molecular flexibility index (Phi) is 6.77. The fourth-order valence-corrected chi connectivity index (χ4v) is 1.36. The average Bonchev–Trinajstić information content (AvgIpc) is 2.02. The Hall–Kier alpha value is -0.400. The van der Waals surface area contributed by atoms with Crippen molar-refractivity contribution in [2.45, 2.75) is 0 Å². The Balaban J connectivity index is 3.45. The molecular formula is C7H16N2O3S2. The van der Waals surface area contributed by atoms with E-state index in [0.29, 0.717) is 24.8 Å². The molecule has 0 rings (SSSR count). The van der Waals surface area contributed by atoms with Gasteiger partial charge in [0.15, 0.2) is 5.11 Å². The quantitative estimate of drug-likeness (QED) is 0.465. The number of thiocarbonyl (C=S) groups is 1. The average molecular weight is 240 g/mol. The smallest absolute Gasteiger partial charge is 0.166 e. The van der Waals surface area contributed by atoms with Crippen LogP contribution in [0.2, 0.25) is 0 Å². The molecule has 0 amide bonds. The second kappa shape index (κ2) is 6.97. The normalized spacial score (nSPS) is 11.0. The van der Waals surface area contributed by atoms with E-state index in [0.717, 1.165) is 0 Å². The van der Waals surface area contributed by atoms with Crippen molar-refractivity contribution in [2.75, 3.05) is 38.8 Å². The van der Waals surface area contributed by atoms with Crippen molar-refractivity contribution in [1.82, 2.24) is 10.6 Å². The first-order chi connectivity index (χ1) is 6.45. The van der Waals surface area contributed by atoms with Gasteiger partial charge in [0.1, 0.15) is 9.84 Å². The largest absolute Gasteiger partial charge is 0.383 e. The maximum atomic E-state index is 10.7. The van der Waals surface area contributed by atoms with Gasteiger partial charge in [0, 0.05) is 26.5 Å². The molecule has 0 saturated carbocycles. The summed E-state index contributed by atoms with van der Waals surface area (Å²) in [6.07, 6.45) is 1.19. The number of hydrogen-bond donors (Lipinski definition) is 2. The number of nitrogens with one attached hydrogen (secondary N) is 2. The van der Waals surface area contributed by atoms with Gasteiger partial charge >= 0.3 is 0 Å². The molecule has 5 nitrogen and oxygen atoms in total. The van der Waals surface area contributed by atoms with E-state index < -0.39 is 9.84 Å². The topological polar surface area (TPSA) is 67.4 Å². The van der Waals surface area contributed by atoms with Gasteiger partial charge in [-0.05, 0) is 12.2 Å². The lowest BCUT2D eigenvalue weighted by atomic mass is 10.6. The van der Waals surface area contributed by atoms with Crippen molar-refractivity contribution in [3.63, 3.8) is 0 Å². The highest BCUT2D eigenvalue weighted by Crippen LogP contribution is 1.79. The van der Waals surface area contributed by atoms with Crippen LogP contribution in [0.4, 0.5) is 0 Å². The predicted molar refractivity (Wildman–Crippen MR) is 60.2 cm³/mol. The van der Waals surface area contributed by atoms with Gasteiger partial charge < -0.3 is 15.4 Å². The summed E-state index contributed by atoms with van der Waals surface area (Å²) in [7, 11) is -1.32. The maximum absolute atomic E-state index is 10.7. The van der Waals surface area contributed by atoms with Gasteiger partial charge in [0.05, 0.1) is 12.4 Å². The molecule has 0 aliphatic carbocycles. The molecule has 0 aromatic rings. The van der Waals surface area contributed by atoms with Crippen LogP contribution in [0.1, 0.15) is 0 Å². The molecule has 0 aliphatic heterocycles. The molecule has 0 aromatic carbocycles. The van der Waals surface area contributed by atoms with Crippen molar-refractivity contribution < 1.29 is 13.2 Å². The summed E-state index contributed by atoms with van der Waals surface area (Å²) in [5.74, 6) is 0.0824. The van der Waals surface area contributed by atoms with Gasteiger partial charge in [-0.3, -0.25) is 0 Å². The molecular weight excluding hydrogens is 224 g/mol. The lowest BCUT2D eigenvalue weighted by Crippen LogP contribution is -2.39. The third kappa shape index (κ3) is 9.69. The van der Waals surface area contributed by atoms with Crippen LogP contribution >= 0.6 is 12.2 Å². The van der Waals surface area contributed by atoms with Gasteiger partial charge in [-0.1, -0.05) is 0 Å². The molecule has 0 spiro atoms.